The first-order chi connectivity index (χ1) is 24.8. The molecule has 0 atom stereocenters. The summed E-state index contributed by atoms with van der Waals surface area (Å²) < 4.78 is 5.02. The average molecular weight is 657 g/mol. The molecular formula is C45H28N4S. The highest BCUT2D eigenvalue weighted by Crippen LogP contribution is 2.44. The quantitative estimate of drug-likeness (QED) is 0.185. The number of nitrogens with zero attached hydrogens (tertiary/aromatic N) is 4. The molecule has 7 aromatic carbocycles. The summed E-state index contributed by atoms with van der Waals surface area (Å²) in [6, 6.07) is 59.7. The zero-order chi connectivity index (χ0) is 33.0. The van der Waals surface area contributed by atoms with Gasteiger partial charge < -0.3 is 4.57 Å². The maximum atomic E-state index is 5.05. The summed E-state index contributed by atoms with van der Waals surface area (Å²) in [6.45, 7) is 0. The Morgan fingerprint density at radius 1 is 0.400 bits per heavy atom. The normalized spacial score (nSPS) is 11.6. The molecule has 0 aliphatic rings. The predicted octanol–water partition coefficient (Wildman–Crippen LogP) is 12.0. The van der Waals surface area contributed by atoms with E-state index in [2.05, 4.69) is 114 Å². The van der Waals surface area contributed by atoms with E-state index < -0.39 is 0 Å². The van der Waals surface area contributed by atoms with Crippen LogP contribution < -0.4 is 0 Å². The molecule has 0 unspecified atom stereocenters. The van der Waals surface area contributed by atoms with Crippen LogP contribution in [0.15, 0.2) is 170 Å². The van der Waals surface area contributed by atoms with E-state index >= 15 is 0 Å². The van der Waals surface area contributed by atoms with Gasteiger partial charge in [0.15, 0.2) is 17.5 Å². The van der Waals surface area contributed by atoms with Crippen molar-refractivity contribution in [2.24, 2.45) is 0 Å². The lowest BCUT2D eigenvalue weighted by atomic mass is 9.99. The van der Waals surface area contributed by atoms with Crippen LogP contribution in [0.25, 0.3) is 93.0 Å². The van der Waals surface area contributed by atoms with Crippen LogP contribution in [-0.2, 0) is 0 Å². The van der Waals surface area contributed by atoms with Gasteiger partial charge in [0.1, 0.15) is 0 Å². The zero-order valence-electron chi connectivity index (χ0n) is 26.9. The number of thiophene rings is 1. The van der Waals surface area contributed by atoms with Gasteiger partial charge in [-0.05, 0) is 24.3 Å². The van der Waals surface area contributed by atoms with Crippen molar-refractivity contribution in [2.75, 3.05) is 0 Å². The lowest BCUT2D eigenvalue weighted by Gasteiger charge is -2.13. The first-order valence-electron chi connectivity index (χ1n) is 16.7. The predicted molar refractivity (Wildman–Crippen MR) is 209 cm³/mol. The summed E-state index contributed by atoms with van der Waals surface area (Å²) in [5.41, 5.74) is 8.67. The van der Waals surface area contributed by atoms with Crippen LogP contribution in [0.3, 0.4) is 0 Å². The standard InChI is InChI=1S/C45H28N4S/c1-4-14-29(15-5-1)43-46-44(30-16-6-2-7-17-30)48-45(47-43)31-26-27-33-35-21-12-22-36(41(35)49(39(33)28-31)32-18-8-3-9-19-32)38-24-13-23-37-34-20-10-11-25-40(34)50-42(37)38/h1-28H. The lowest BCUT2D eigenvalue weighted by molar-refractivity contribution is 1.07. The van der Waals surface area contributed by atoms with Gasteiger partial charge in [0.25, 0.3) is 0 Å². The SMILES string of the molecule is c1ccc(-c2nc(-c3ccccc3)nc(-c3ccc4c5cccc(-c6cccc7c6sc6ccccc67)c5n(-c5ccccc5)c4c3)n2)cc1. The minimum atomic E-state index is 0.639. The molecule has 0 bridgehead atoms. The molecule has 0 fully saturated rings. The van der Waals surface area contributed by atoms with E-state index in [1.807, 2.05) is 72.0 Å². The first-order valence-corrected chi connectivity index (χ1v) is 17.5. The Kier molecular flexibility index (Phi) is 6.64. The van der Waals surface area contributed by atoms with Gasteiger partial charge >= 0.3 is 0 Å². The second-order valence-corrected chi connectivity index (χ2v) is 13.5. The van der Waals surface area contributed by atoms with Crippen molar-refractivity contribution < 1.29 is 0 Å². The van der Waals surface area contributed by atoms with Gasteiger partial charge in [-0.2, -0.15) is 0 Å². The van der Waals surface area contributed by atoms with Crippen LogP contribution in [-0.4, -0.2) is 19.5 Å². The molecule has 10 aromatic rings. The molecule has 0 N–H and O–H groups in total. The van der Waals surface area contributed by atoms with Crippen molar-refractivity contribution in [3.05, 3.63) is 170 Å². The summed E-state index contributed by atoms with van der Waals surface area (Å²) in [4.78, 5) is 15.0. The van der Waals surface area contributed by atoms with E-state index in [9.17, 15) is 0 Å². The molecule has 5 heteroatoms. The molecule has 0 saturated heterocycles. The summed E-state index contributed by atoms with van der Waals surface area (Å²) in [7, 11) is 0. The molecule has 0 aliphatic carbocycles. The minimum Gasteiger partial charge on any atom is -0.309 e. The summed E-state index contributed by atoms with van der Waals surface area (Å²) in [5, 5.41) is 4.98. The summed E-state index contributed by atoms with van der Waals surface area (Å²) in [5.74, 6) is 1.94. The van der Waals surface area contributed by atoms with E-state index in [4.69, 9.17) is 15.0 Å². The number of benzene rings is 7. The van der Waals surface area contributed by atoms with Crippen LogP contribution in [0.5, 0.6) is 0 Å². The third-order valence-corrected chi connectivity index (χ3v) is 10.7. The van der Waals surface area contributed by atoms with E-state index in [0.717, 1.165) is 27.9 Å². The molecule has 234 valence electrons. The Balaban J connectivity index is 1.25. The lowest BCUT2D eigenvalue weighted by Crippen LogP contribution is -2.00. The number of rotatable bonds is 5. The Hall–Kier alpha value is -6.43. The Labute approximate surface area is 292 Å². The number of hydrogen-bond acceptors (Lipinski definition) is 4. The van der Waals surface area contributed by atoms with Crippen molar-refractivity contribution in [1.82, 2.24) is 19.5 Å². The highest BCUT2D eigenvalue weighted by atomic mass is 32.1. The zero-order valence-corrected chi connectivity index (χ0v) is 27.7. The Morgan fingerprint density at radius 2 is 0.960 bits per heavy atom. The number of para-hydroxylation sites is 2. The molecule has 10 rings (SSSR count). The monoisotopic (exact) mass is 656 g/mol. The van der Waals surface area contributed by atoms with Crippen LogP contribution in [0.1, 0.15) is 0 Å². The second-order valence-electron chi connectivity index (χ2n) is 12.4. The fourth-order valence-electron chi connectivity index (χ4n) is 7.17. The topological polar surface area (TPSA) is 43.6 Å². The van der Waals surface area contributed by atoms with E-state index in [1.165, 1.54) is 47.6 Å². The van der Waals surface area contributed by atoms with E-state index in [0.29, 0.717) is 17.5 Å². The Bertz CT molecular complexity index is 2800. The molecule has 50 heavy (non-hydrogen) atoms. The van der Waals surface area contributed by atoms with Gasteiger partial charge in [-0.1, -0.05) is 146 Å². The van der Waals surface area contributed by atoms with Crippen molar-refractivity contribution in [3.63, 3.8) is 0 Å². The highest BCUT2D eigenvalue weighted by molar-refractivity contribution is 7.26. The largest absolute Gasteiger partial charge is 0.309 e. The van der Waals surface area contributed by atoms with Crippen molar-refractivity contribution >= 4 is 53.3 Å². The summed E-state index contributed by atoms with van der Waals surface area (Å²) in [6.07, 6.45) is 0. The van der Waals surface area contributed by atoms with Crippen LogP contribution in [0, 0.1) is 0 Å². The fourth-order valence-corrected chi connectivity index (χ4v) is 8.40. The number of aromatic nitrogens is 4. The molecule has 0 saturated carbocycles. The molecule has 3 aromatic heterocycles. The minimum absolute atomic E-state index is 0.639. The molecule has 0 amide bonds. The number of hydrogen-bond donors (Lipinski definition) is 0. The molecule has 0 radical (unpaired) electrons. The van der Waals surface area contributed by atoms with E-state index in [-0.39, 0.29) is 0 Å². The molecule has 0 spiro atoms. The maximum Gasteiger partial charge on any atom is 0.164 e. The van der Waals surface area contributed by atoms with Gasteiger partial charge in [-0.3, -0.25) is 0 Å². The molecule has 3 heterocycles. The smallest absolute Gasteiger partial charge is 0.164 e. The van der Waals surface area contributed by atoms with Gasteiger partial charge in [-0.15, -0.1) is 11.3 Å². The van der Waals surface area contributed by atoms with Crippen molar-refractivity contribution in [2.45, 2.75) is 0 Å². The Morgan fingerprint density at radius 3 is 1.66 bits per heavy atom. The van der Waals surface area contributed by atoms with Gasteiger partial charge in [0, 0.05) is 64.4 Å². The fraction of sp³-hybridized carbons (Fsp3) is 0. The first kappa shape index (κ1) is 28.6. The highest BCUT2D eigenvalue weighted by Gasteiger charge is 2.20. The average Bonchev–Trinajstić information content (AvgIpc) is 3.74. The van der Waals surface area contributed by atoms with Crippen LogP contribution >= 0.6 is 11.3 Å². The van der Waals surface area contributed by atoms with Gasteiger partial charge in [0.2, 0.25) is 0 Å². The third-order valence-electron chi connectivity index (χ3n) is 9.45. The third kappa shape index (κ3) is 4.63. The number of fused-ring (bicyclic) bond motifs is 6. The van der Waals surface area contributed by atoms with E-state index in [1.54, 1.807) is 0 Å². The molecular weight excluding hydrogens is 629 g/mol. The molecule has 0 aliphatic heterocycles. The summed E-state index contributed by atoms with van der Waals surface area (Å²) >= 11 is 1.87. The maximum absolute atomic E-state index is 5.05. The van der Waals surface area contributed by atoms with Crippen molar-refractivity contribution in [1.29, 1.82) is 0 Å². The molecule has 4 nitrogen and oxygen atoms in total. The van der Waals surface area contributed by atoms with Crippen LogP contribution in [0.4, 0.5) is 0 Å². The van der Waals surface area contributed by atoms with Gasteiger partial charge in [-0.25, -0.2) is 15.0 Å². The second kappa shape index (κ2) is 11.6. The van der Waals surface area contributed by atoms with Crippen LogP contribution in [0.2, 0.25) is 0 Å². The van der Waals surface area contributed by atoms with Gasteiger partial charge in [0.05, 0.1) is 11.0 Å². The van der Waals surface area contributed by atoms with Crippen molar-refractivity contribution in [3.8, 4) is 51.0 Å².